The Morgan fingerprint density at radius 3 is 2.68 bits per heavy atom. The molecule has 3 aliphatic heterocycles. The molecule has 37 heavy (non-hydrogen) atoms. The van der Waals surface area contributed by atoms with Crippen molar-refractivity contribution in [3.8, 4) is 11.4 Å². The van der Waals surface area contributed by atoms with E-state index in [1.807, 2.05) is 45.0 Å². The SMILES string of the molecule is CCNC(=O)Nc1ccc(-c2nc3c(c(N4CCOCC4C)n2)CCN(CC2COC(C)(C)O2)C3)cc1. The first-order valence-corrected chi connectivity index (χ1v) is 13.2. The molecule has 1 aromatic heterocycles. The summed E-state index contributed by atoms with van der Waals surface area (Å²) in [4.78, 5) is 26.8. The lowest BCUT2D eigenvalue weighted by molar-refractivity contribution is -0.140. The lowest BCUT2D eigenvalue weighted by Crippen LogP contribution is -2.46. The summed E-state index contributed by atoms with van der Waals surface area (Å²) >= 11 is 0. The normalized spacial score (nSPS) is 23.5. The second-order valence-electron chi connectivity index (χ2n) is 10.4. The van der Waals surface area contributed by atoms with Crippen molar-refractivity contribution >= 4 is 17.5 Å². The Kier molecular flexibility index (Phi) is 7.62. The third-order valence-corrected chi connectivity index (χ3v) is 7.03. The molecule has 4 heterocycles. The largest absolute Gasteiger partial charge is 0.377 e. The van der Waals surface area contributed by atoms with Crippen LogP contribution in [0.3, 0.4) is 0 Å². The van der Waals surface area contributed by atoms with Crippen LogP contribution in [0.4, 0.5) is 16.3 Å². The zero-order chi connectivity index (χ0) is 26.0. The molecule has 2 aromatic rings. The number of amides is 2. The lowest BCUT2D eigenvalue weighted by Gasteiger charge is -2.38. The standard InChI is InChI=1S/C27H38N6O4/c1-5-28-26(34)29-20-8-6-19(7-9-20)24-30-23-15-32(14-21-17-36-27(3,4)37-21)11-10-22(23)25(31-24)33-12-13-35-16-18(33)2/h6-9,18,21H,5,10-17H2,1-4H3,(H2,28,29,34). The number of fused-ring (bicyclic) bond motifs is 1. The average molecular weight is 511 g/mol. The van der Waals surface area contributed by atoms with Crippen LogP contribution in [0.25, 0.3) is 11.4 Å². The van der Waals surface area contributed by atoms with Crippen molar-refractivity contribution in [1.82, 2.24) is 20.2 Å². The van der Waals surface area contributed by atoms with Gasteiger partial charge in [-0.15, -0.1) is 0 Å². The van der Waals surface area contributed by atoms with E-state index in [0.29, 0.717) is 32.2 Å². The molecule has 200 valence electrons. The van der Waals surface area contributed by atoms with Crippen LogP contribution < -0.4 is 15.5 Å². The average Bonchev–Trinajstić information content (AvgIpc) is 3.22. The van der Waals surface area contributed by atoms with E-state index >= 15 is 0 Å². The number of aromatic nitrogens is 2. The van der Waals surface area contributed by atoms with Gasteiger partial charge in [-0.2, -0.15) is 0 Å². The predicted molar refractivity (Wildman–Crippen MR) is 142 cm³/mol. The second kappa shape index (κ2) is 10.9. The van der Waals surface area contributed by atoms with Crippen LogP contribution in [-0.2, 0) is 27.2 Å². The third-order valence-electron chi connectivity index (χ3n) is 7.03. The zero-order valence-corrected chi connectivity index (χ0v) is 22.2. The van der Waals surface area contributed by atoms with E-state index in [9.17, 15) is 4.79 Å². The first-order chi connectivity index (χ1) is 17.8. The molecule has 0 bridgehead atoms. The number of anilines is 2. The smallest absolute Gasteiger partial charge is 0.319 e. The van der Waals surface area contributed by atoms with Gasteiger partial charge in [-0.05, 0) is 58.4 Å². The number of carbonyl (C=O) groups excluding carboxylic acids is 1. The third kappa shape index (κ3) is 6.04. The minimum absolute atomic E-state index is 0.0570. The van der Waals surface area contributed by atoms with E-state index in [2.05, 4.69) is 27.4 Å². The molecular weight excluding hydrogens is 472 g/mol. The van der Waals surface area contributed by atoms with Crippen LogP contribution in [0, 0.1) is 0 Å². The van der Waals surface area contributed by atoms with Crippen molar-refractivity contribution in [1.29, 1.82) is 0 Å². The number of nitrogens with zero attached hydrogens (tertiary/aromatic N) is 4. The van der Waals surface area contributed by atoms with E-state index in [1.165, 1.54) is 5.56 Å². The van der Waals surface area contributed by atoms with E-state index < -0.39 is 5.79 Å². The van der Waals surface area contributed by atoms with Crippen molar-refractivity contribution in [2.45, 2.75) is 58.6 Å². The van der Waals surface area contributed by atoms with Gasteiger partial charge in [0.1, 0.15) is 5.82 Å². The minimum Gasteiger partial charge on any atom is -0.377 e. The van der Waals surface area contributed by atoms with Crippen molar-refractivity contribution in [3.05, 3.63) is 35.5 Å². The number of urea groups is 1. The fourth-order valence-electron chi connectivity index (χ4n) is 5.21. The minimum atomic E-state index is -0.522. The molecule has 5 rings (SSSR count). The van der Waals surface area contributed by atoms with Crippen LogP contribution in [0.5, 0.6) is 0 Å². The Hall–Kier alpha value is -2.79. The Morgan fingerprint density at radius 2 is 1.97 bits per heavy atom. The van der Waals surface area contributed by atoms with E-state index in [1.54, 1.807) is 0 Å². The van der Waals surface area contributed by atoms with Gasteiger partial charge in [0, 0.05) is 49.5 Å². The molecule has 2 atom stereocenters. The molecule has 1 aromatic carbocycles. The number of hydrogen-bond acceptors (Lipinski definition) is 8. The highest BCUT2D eigenvalue weighted by atomic mass is 16.7. The summed E-state index contributed by atoms with van der Waals surface area (Å²) in [6, 6.07) is 7.72. The number of morpholine rings is 1. The molecular formula is C27H38N6O4. The van der Waals surface area contributed by atoms with E-state index in [4.69, 9.17) is 24.2 Å². The maximum absolute atomic E-state index is 11.9. The summed E-state index contributed by atoms with van der Waals surface area (Å²) in [5.74, 6) is 1.19. The summed E-state index contributed by atoms with van der Waals surface area (Å²) in [5.41, 5.74) is 3.93. The van der Waals surface area contributed by atoms with Gasteiger partial charge < -0.3 is 29.7 Å². The molecule has 0 radical (unpaired) electrons. The molecule has 0 saturated carbocycles. The lowest BCUT2D eigenvalue weighted by atomic mass is 10.0. The van der Waals surface area contributed by atoms with Crippen LogP contribution in [0.15, 0.2) is 24.3 Å². The summed E-state index contributed by atoms with van der Waals surface area (Å²) in [5, 5.41) is 5.59. The molecule has 3 aliphatic rings. The van der Waals surface area contributed by atoms with Crippen molar-refractivity contribution in [3.63, 3.8) is 0 Å². The van der Waals surface area contributed by atoms with Crippen LogP contribution >= 0.6 is 0 Å². The van der Waals surface area contributed by atoms with Crippen LogP contribution in [-0.4, -0.2) is 84.8 Å². The summed E-state index contributed by atoms with van der Waals surface area (Å²) in [6.07, 6.45) is 0.947. The number of ether oxygens (including phenoxy) is 3. The molecule has 10 heteroatoms. The Morgan fingerprint density at radius 1 is 1.16 bits per heavy atom. The zero-order valence-electron chi connectivity index (χ0n) is 22.2. The van der Waals surface area contributed by atoms with Gasteiger partial charge in [0.05, 0.1) is 37.7 Å². The topological polar surface area (TPSA) is 101 Å². The fourth-order valence-corrected chi connectivity index (χ4v) is 5.21. The van der Waals surface area contributed by atoms with Crippen molar-refractivity contribution < 1.29 is 19.0 Å². The van der Waals surface area contributed by atoms with Gasteiger partial charge in [-0.3, -0.25) is 4.90 Å². The molecule has 2 saturated heterocycles. The highest BCUT2D eigenvalue weighted by molar-refractivity contribution is 5.89. The Labute approximate surface area is 218 Å². The van der Waals surface area contributed by atoms with Crippen LogP contribution in [0.2, 0.25) is 0 Å². The van der Waals surface area contributed by atoms with Gasteiger partial charge in [0.25, 0.3) is 0 Å². The quantitative estimate of drug-likeness (QED) is 0.612. The molecule has 10 nitrogen and oxygen atoms in total. The fraction of sp³-hybridized carbons (Fsp3) is 0.593. The monoisotopic (exact) mass is 510 g/mol. The van der Waals surface area contributed by atoms with E-state index in [-0.39, 0.29) is 18.2 Å². The number of nitrogens with one attached hydrogen (secondary N) is 2. The highest BCUT2D eigenvalue weighted by Crippen LogP contribution is 2.32. The van der Waals surface area contributed by atoms with Crippen molar-refractivity contribution in [2.24, 2.45) is 0 Å². The number of carbonyl (C=O) groups is 1. The molecule has 2 amide bonds. The first kappa shape index (κ1) is 25.8. The maximum atomic E-state index is 11.9. The molecule has 2 fully saturated rings. The molecule has 2 unspecified atom stereocenters. The molecule has 2 N–H and O–H groups in total. The first-order valence-electron chi connectivity index (χ1n) is 13.2. The number of benzene rings is 1. The highest BCUT2D eigenvalue weighted by Gasteiger charge is 2.35. The van der Waals surface area contributed by atoms with Gasteiger partial charge in [0.15, 0.2) is 11.6 Å². The van der Waals surface area contributed by atoms with Crippen LogP contribution in [0.1, 0.15) is 39.0 Å². The van der Waals surface area contributed by atoms with Gasteiger partial charge in [-0.25, -0.2) is 14.8 Å². The predicted octanol–water partition coefficient (Wildman–Crippen LogP) is 3.02. The Bertz CT molecular complexity index is 1110. The molecule has 0 spiro atoms. The summed E-state index contributed by atoms with van der Waals surface area (Å²) in [6.45, 7) is 13.9. The number of hydrogen-bond donors (Lipinski definition) is 2. The maximum Gasteiger partial charge on any atom is 0.319 e. The summed E-state index contributed by atoms with van der Waals surface area (Å²) < 4.78 is 17.5. The Balaban J connectivity index is 1.42. The second-order valence-corrected chi connectivity index (χ2v) is 10.4. The van der Waals surface area contributed by atoms with Gasteiger partial charge >= 0.3 is 6.03 Å². The van der Waals surface area contributed by atoms with Gasteiger partial charge in [0.2, 0.25) is 0 Å². The summed E-state index contributed by atoms with van der Waals surface area (Å²) in [7, 11) is 0. The van der Waals surface area contributed by atoms with E-state index in [0.717, 1.165) is 55.4 Å². The molecule has 0 aliphatic carbocycles. The number of rotatable bonds is 6. The van der Waals surface area contributed by atoms with Crippen molar-refractivity contribution in [2.75, 3.05) is 56.2 Å². The van der Waals surface area contributed by atoms with Gasteiger partial charge in [-0.1, -0.05) is 0 Å².